The molecule has 5 atom stereocenters. The van der Waals surface area contributed by atoms with Crippen molar-refractivity contribution in [3.05, 3.63) is 0 Å². The Morgan fingerprint density at radius 1 is 0.262 bits per heavy atom. The SMILES string of the molecule is CCCCCCCCCCCCCCCCCCCCCC(=O)OC[C@H](COP(=O)(O)OC[C@@H](O)COP(=O)(O)OC[C@@H](COC(=O)CCCCCCCCCC(C)C)OC(=O)CCCCCCCCCCCCCCCCC)OC(=O)CCCCCCCCCCCCCCCCCCC(C)C. The Bertz CT molecular complexity index is 1980. The molecule has 3 N–H and O–H groups in total. The van der Waals surface area contributed by atoms with Gasteiger partial charge in [0.2, 0.25) is 0 Å². The van der Waals surface area contributed by atoms with Crippen molar-refractivity contribution >= 4 is 39.5 Å². The zero-order chi connectivity index (χ0) is 75.6. The van der Waals surface area contributed by atoms with Crippen LogP contribution in [-0.2, 0) is 65.4 Å². The molecule has 0 saturated heterocycles. The molecule has 2 unspecified atom stereocenters. The van der Waals surface area contributed by atoms with E-state index in [9.17, 15) is 43.2 Å². The second-order valence-corrected chi connectivity index (χ2v) is 34.1. The van der Waals surface area contributed by atoms with Crippen LogP contribution in [0, 0.1) is 11.8 Å². The van der Waals surface area contributed by atoms with Crippen molar-refractivity contribution in [2.75, 3.05) is 39.6 Å². The normalized spacial score (nSPS) is 13.9. The van der Waals surface area contributed by atoms with Gasteiger partial charge in [0.15, 0.2) is 12.2 Å². The monoisotopic (exact) mass is 1510 g/mol. The van der Waals surface area contributed by atoms with Crippen molar-refractivity contribution in [3.63, 3.8) is 0 Å². The summed E-state index contributed by atoms with van der Waals surface area (Å²) >= 11 is 0. The first-order valence-electron chi connectivity index (χ1n) is 43.5. The van der Waals surface area contributed by atoms with E-state index < -0.39 is 97.5 Å². The number of hydrogen-bond acceptors (Lipinski definition) is 15. The molecule has 0 fully saturated rings. The molecule has 0 saturated carbocycles. The van der Waals surface area contributed by atoms with Gasteiger partial charge >= 0.3 is 39.5 Å². The number of phosphoric ester groups is 2. The largest absolute Gasteiger partial charge is 0.472 e. The Balaban J connectivity index is 5.23. The molecule has 0 spiro atoms. The van der Waals surface area contributed by atoms with Gasteiger partial charge in [0.1, 0.15) is 19.3 Å². The smallest absolute Gasteiger partial charge is 0.462 e. The van der Waals surface area contributed by atoms with Crippen molar-refractivity contribution in [2.24, 2.45) is 11.8 Å². The summed E-state index contributed by atoms with van der Waals surface area (Å²) in [4.78, 5) is 73.1. The molecule has 0 heterocycles. The van der Waals surface area contributed by atoms with Crippen molar-refractivity contribution < 1.29 is 80.2 Å². The summed E-state index contributed by atoms with van der Waals surface area (Å²) in [6.07, 6.45) is 66.7. The average molecular weight is 1510 g/mol. The summed E-state index contributed by atoms with van der Waals surface area (Å²) in [6, 6.07) is 0. The van der Waals surface area contributed by atoms with E-state index in [1.54, 1.807) is 0 Å². The summed E-state index contributed by atoms with van der Waals surface area (Å²) in [5.74, 6) is -0.590. The maximum Gasteiger partial charge on any atom is 0.472 e. The van der Waals surface area contributed by atoms with Crippen LogP contribution in [0.15, 0.2) is 0 Å². The molecule has 612 valence electrons. The van der Waals surface area contributed by atoms with Gasteiger partial charge in [0.25, 0.3) is 0 Å². The Labute approximate surface area is 632 Å². The fourth-order valence-electron chi connectivity index (χ4n) is 13.1. The highest BCUT2D eigenvalue weighted by Gasteiger charge is 2.30. The van der Waals surface area contributed by atoms with E-state index in [-0.39, 0.29) is 25.7 Å². The third-order valence-electron chi connectivity index (χ3n) is 19.7. The van der Waals surface area contributed by atoms with E-state index in [1.807, 2.05) is 0 Å². The molecule has 0 radical (unpaired) electrons. The van der Waals surface area contributed by atoms with Gasteiger partial charge in [0.05, 0.1) is 26.4 Å². The number of hydrogen-bond donors (Lipinski definition) is 3. The molecule has 0 aliphatic carbocycles. The summed E-state index contributed by atoms with van der Waals surface area (Å²) in [5, 5.41) is 10.7. The van der Waals surface area contributed by atoms with Gasteiger partial charge in [-0.15, -0.1) is 0 Å². The maximum absolute atomic E-state index is 13.1. The molecule has 0 aromatic heterocycles. The lowest BCUT2D eigenvalue weighted by molar-refractivity contribution is -0.161. The standard InChI is InChI=1S/C84H164O17P2/c1-7-9-11-13-15-17-19-21-23-24-25-26-31-34-38-42-48-54-60-66-81(86)94-72-79(100-83(88)69-63-57-50-44-40-36-32-28-27-30-33-37-41-46-52-58-64-76(3)4)74-98-102(90,91)96-70-78(85)71-97-103(92,93)99-75-80(73-95-82(87)67-61-55-51-45-47-53-59-65-77(5)6)101-84(89)68-62-56-49-43-39-35-29-22-20-18-16-14-12-10-8-2/h76-80,85H,7-75H2,1-6H3,(H,90,91)(H,92,93)/t78-,79-,80-/m1/s1. The van der Waals surface area contributed by atoms with Crippen molar-refractivity contribution in [1.29, 1.82) is 0 Å². The summed E-state index contributed by atoms with van der Waals surface area (Å²) in [5.41, 5.74) is 0. The molecule has 0 aliphatic rings. The van der Waals surface area contributed by atoms with E-state index in [4.69, 9.17) is 37.0 Å². The van der Waals surface area contributed by atoms with E-state index in [1.165, 1.54) is 257 Å². The molecule has 0 aliphatic heterocycles. The van der Waals surface area contributed by atoms with Crippen LogP contribution in [0.3, 0.4) is 0 Å². The van der Waals surface area contributed by atoms with Gasteiger partial charge in [-0.3, -0.25) is 37.3 Å². The van der Waals surface area contributed by atoms with Gasteiger partial charge in [-0.25, -0.2) is 9.13 Å². The number of carbonyl (C=O) groups is 4. The van der Waals surface area contributed by atoms with Crippen LogP contribution < -0.4 is 0 Å². The Morgan fingerprint density at radius 2 is 0.447 bits per heavy atom. The van der Waals surface area contributed by atoms with Gasteiger partial charge in [-0.05, 0) is 37.5 Å². The molecular weight excluding hydrogens is 1340 g/mol. The number of aliphatic hydroxyl groups is 1. The first-order chi connectivity index (χ1) is 49.9. The second-order valence-electron chi connectivity index (χ2n) is 31.2. The van der Waals surface area contributed by atoms with Crippen LogP contribution in [0.4, 0.5) is 0 Å². The lowest BCUT2D eigenvalue weighted by Crippen LogP contribution is -2.30. The molecular formula is C84H164O17P2. The topological polar surface area (TPSA) is 237 Å². The third-order valence-corrected chi connectivity index (χ3v) is 21.6. The molecule has 103 heavy (non-hydrogen) atoms. The summed E-state index contributed by atoms with van der Waals surface area (Å²) < 4.78 is 68.8. The number of aliphatic hydroxyl groups excluding tert-OH is 1. The quantitative estimate of drug-likeness (QED) is 0.0222. The fraction of sp³-hybridized carbons (Fsp3) is 0.952. The van der Waals surface area contributed by atoms with Gasteiger partial charge in [-0.2, -0.15) is 0 Å². The number of unbranched alkanes of at least 4 members (excludes halogenated alkanes) is 53. The molecule has 17 nitrogen and oxygen atoms in total. The van der Waals surface area contributed by atoms with Gasteiger partial charge < -0.3 is 33.8 Å². The van der Waals surface area contributed by atoms with E-state index in [2.05, 4.69) is 41.5 Å². The van der Waals surface area contributed by atoms with Crippen molar-refractivity contribution in [2.45, 2.75) is 464 Å². The highest BCUT2D eigenvalue weighted by Crippen LogP contribution is 2.45. The second kappa shape index (κ2) is 75.5. The zero-order valence-corrected chi connectivity index (χ0v) is 69.4. The lowest BCUT2D eigenvalue weighted by atomic mass is 10.0. The van der Waals surface area contributed by atoms with Crippen molar-refractivity contribution in [3.8, 4) is 0 Å². The number of carbonyl (C=O) groups excluding carboxylic acids is 4. The number of esters is 4. The molecule has 0 aromatic carbocycles. The van der Waals surface area contributed by atoms with E-state index in [0.717, 1.165) is 102 Å². The number of ether oxygens (including phenoxy) is 4. The first-order valence-corrected chi connectivity index (χ1v) is 46.5. The molecule has 0 aromatic rings. The van der Waals surface area contributed by atoms with E-state index >= 15 is 0 Å². The minimum atomic E-state index is -4.96. The Hall–Kier alpha value is -1.94. The molecule has 0 bridgehead atoms. The van der Waals surface area contributed by atoms with Crippen molar-refractivity contribution in [1.82, 2.24) is 0 Å². The fourth-order valence-corrected chi connectivity index (χ4v) is 14.6. The Morgan fingerprint density at radius 3 is 0.660 bits per heavy atom. The minimum absolute atomic E-state index is 0.108. The van der Waals surface area contributed by atoms with Crippen LogP contribution in [0.2, 0.25) is 0 Å². The number of rotatable bonds is 83. The van der Waals surface area contributed by atoms with Crippen LogP contribution in [0.25, 0.3) is 0 Å². The van der Waals surface area contributed by atoms with Gasteiger partial charge in [0, 0.05) is 25.7 Å². The molecule has 19 heteroatoms. The summed E-state index contributed by atoms with van der Waals surface area (Å²) in [6.45, 7) is 9.63. The average Bonchev–Trinajstić information content (AvgIpc) is 0.929. The number of phosphoric acid groups is 2. The van der Waals surface area contributed by atoms with E-state index in [0.29, 0.717) is 31.6 Å². The lowest BCUT2D eigenvalue weighted by Gasteiger charge is -2.21. The third kappa shape index (κ3) is 78.0. The molecule has 0 amide bonds. The predicted molar refractivity (Wildman–Crippen MR) is 423 cm³/mol. The summed E-state index contributed by atoms with van der Waals surface area (Å²) in [7, 11) is -9.92. The van der Waals surface area contributed by atoms with Gasteiger partial charge in [-0.1, -0.05) is 395 Å². The first kappa shape index (κ1) is 101. The molecule has 0 rings (SSSR count). The Kier molecular flexibility index (Phi) is 74.1. The van der Waals surface area contributed by atoms with Crippen LogP contribution >= 0.6 is 15.6 Å². The highest BCUT2D eigenvalue weighted by atomic mass is 31.2. The van der Waals surface area contributed by atoms with Crippen LogP contribution in [0.5, 0.6) is 0 Å². The van der Waals surface area contributed by atoms with Crippen LogP contribution in [0.1, 0.15) is 446 Å². The maximum atomic E-state index is 13.1. The van der Waals surface area contributed by atoms with Crippen LogP contribution in [-0.4, -0.2) is 96.7 Å². The zero-order valence-electron chi connectivity index (χ0n) is 67.6. The minimum Gasteiger partial charge on any atom is -0.462 e. The highest BCUT2D eigenvalue weighted by molar-refractivity contribution is 7.47. The predicted octanol–water partition coefficient (Wildman–Crippen LogP) is 25.5.